The van der Waals surface area contributed by atoms with Gasteiger partial charge < -0.3 is 14.6 Å². The zero-order valence-electron chi connectivity index (χ0n) is 20.4. The number of carbonyl (C=O) groups excluding carboxylic acids is 3. The topological polar surface area (TPSA) is 94.5 Å². The van der Waals surface area contributed by atoms with E-state index < -0.39 is 12.0 Å². The van der Waals surface area contributed by atoms with Crippen molar-refractivity contribution in [2.24, 2.45) is 7.05 Å². The van der Waals surface area contributed by atoms with Gasteiger partial charge in [-0.2, -0.15) is 0 Å². The van der Waals surface area contributed by atoms with Crippen molar-refractivity contribution in [1.29, 1.82) is 0 Å². The Morgan fingerprint density at radius 1 is 0.971 bits per heavy atom. The van der Waals surface area contributed by atoms with Gasteiger partial charge in [0.25, 0.3) is 5.91 Å². The maximum Gasteiger partial charge on any atom is 0.328 e. The van der Waals surface area contributed by atoms with Gasteiger partial charge in [-0.15, -0.1) is 0 Å². The van der Waals surface area contributed by atoms with E-state index in [9.17, 15) is 19.2 Å². The maximum absolute atomic E-state index is 13.2. The zero-order valence-corrected chi connectivity index (χ0v) is 20.4. The number of benzene rings is 2. The van der Waals surface area contributed by atoms with Crippen molar-refractivity contribution < 1.29 is 19.1 Å². The first kappa shape index (κ1) is 25.6. The molecular formula is C28H30N2O5. The molecule has 0 saturated carbocycles. The van der Waals surface area contributed by atoms with Gasteiger partial charge in [-0.1, -0.05) is 43.3 Å². The minimum absolute atomic E-state index is 0.0838. The largest absolute Gasteiger partial charge is 0.467 e. The summed E-state index contributed by atoms with van der Waals surface area (Å²) in [5.74, 6) is -1.19. The van der Waals surface area contributed by atoms with Crippen LogP contribution in [0.5, 0.6) is 0 Å². The fourth-order valence-electron chi connectivity index (χ4n) is 4.03. The summed E-state index contributed by atoms with van der Waals surface area (Å²) in [6.07, 6.45) is 2.17. The summed E-state index contributed by atoms with van der Waals surface area (Å²) in [4.78, 5) is 49.4. The van der Waals surface area contributed by atoms with E-state index in [1.54, 1.807) is 38.4 Å². The second-order valence-corrected chi connectivity index (χ2v) is 8.48. The average molecular weight is 475 g/mol. The van der Waals surface area contributed by atoms with Gasteiger partial charge >= 0.3 is 5.97 Å². The van der Waals surface area contributed by atoms with Crippen LogP contribution in [0.3, 0.4) is 0 Å². The lowest BCUT2D eigenvalue weighted by Crippen LogP contribution is -2.41. The lowest BCUT2D eigenvalue weighted by Gasteiger charge is -2.20. The fourth-order valence-corrected chi connectivity index (χ4v) is 4.03. The molecule has 0 aliphatic carbocycles. The molecule has 0 spiro atoms. The molecule has 1 N–H and O–H groups in total. The molecule has 3 aromatic rings. The van der Waals surface area contributed by atoms with Crippen LogP contribution in [0.4, 0.5) is 0 Å². The number of ketones is 1. The number of ether oxygens (including phenoxy) is 1. The second-order valence-electron chi connectivity index (χ2n) is 8.48. The highest BCUT2D eigenvalue weighted by atomic mass is 16.5. The number of methoxy groups -OCH3 is 1. The van der Waals surface area contributed by atoms with E-state index in [1.807, 2.05) is 43.3 Å². The number of hydrogen-bond donors (Lipinski definition) is 1. The van der Waals surface area contributed by atoms with E-state index in [1.165, 1.54) is 17.7 Å². The van der Waals surface area contributed by atoms with Crippen LogP contribution in [0.25, 0.3) is 0 Å². The standard InChI is InChI=1S/C28H30N2O5/c1-5-24(28(34)35-4)29-27(33)20-12-10-19(11-13-20)23(22-9-7-6-8-18(22)2)16-25(31)21-14-15-26(32)30(3)17-21/h6-15,17,23-24H,5,16H2,1-4H3,(H,29,33). The number of nitrogens with zero attached hydrogens (tertiary/aromatic N) is 1. The Bertz CT molecular complexity index is 1280. The quantitative estimate of drug-likeness (QED) is 0.376. The summed E-state index contributed by atoms with van der Waals surface area (Å²) >= 11 is 0. The summed E-state index contributed by atoms with van der Waals surface area (Å²) in [7, 11) is 2.90. The summed E-state index contributed by atoms with van der Waals surface area (Å²) in [5, 5.41) is 2.69. The van der Waals surface area contributed by atoms with Crippen LogP contribution in [-0.4, -0.2) is 35.4 Å². The maximum atomic E-state index is 13.2. The average Bonchev–Trinajstić information content (AvgIpc) is 2.87. The molecule has 0 saturated heterocycles. The van der Waals surface area contributed by atoms with Gasteiger partial charge in [0, 0.05) is 42.8 Å². The molecule has 2 aromatic carbocycles. The minimum atomic E-state index is -0.716. The molecule has 0 fully saturated rings. The van der Waals surface area contributed by atoms with Gasteiger partial charge in [0.05, 0.1) is 7.11 Å². The van der Waals surface area contributed by atoms with Gasteiger partial charge in [-0.3, -0.25) is 14.4 Å². The zero-order chi connectivity index (χ0) is 25.5. The van der Waals surface area contributed by atoms with E-state index in [2.05, 4.69) is 5.32 Å². The first-order valence-corrected chi connectivity index (χ1v) is 11.5. The van der Waals surface area contributed by atoms with Crippen molar-refractivity contribution in [3.05, 3.63) is 105 Å². The molecule has 0 bridgehead atoms. The number of rotatable bonds is 9. The third kappa shape index (κ3) is 6.12. The molecule has 0 aliphatic heterocycles. The Labute approximate surface area is 204 Å². The van der Waals surface area contributed by atoms with Crippen LogP contribution in [0.2, 0.25) is 0 Å². The highest BCUT2D eigenvalue weighted by Gasteiger charge is 2.23. The summed E-state index contributed by atoms with van der Waals surface area (Å²) in [5.41, 5.74) is 3.65. The molecule has 182 valence electrons. The molecule has 1 amide bonds. The van der Waals surface area contributed by atoms with Crippen molar-refractivity contribution in [3.8, 4) is 0 Å². The Balaban J connectivity index is 1.89. The normalized spacial score (nSPS) is 12.5. The second kappa shape index (κ2) is 11.4. The van der Waals surface area contributed by atoms with Crippen molar-refractivity contribution in [3.63, 3.8) is 0 Å². The van der Waals surface area contributed by atoms with Gasteiger partial charge in [0.15, 0.2) is 5.78 Å². The molecular weight excluding hydrogens is 444 g/mol. The fraction of sp³-hybridized carbons (Fsp3) is 0.286. The Morgan fingerprint density at radius 3 is 2.23 bits per heavy atom. The van der Waals surface area contributed by atoms with Crippen LogP contribution in [0, 0.1) is 6.92 Å². The predicted octanol–water partition coefficient (Wildman–Crippen LogP) is 3.78. The molecule has 0 radical (unpaired) electrons. The number of esters is 1. The van der Waals surface area contributed by atoms with E-state index >= 15 is 0 Å². The SMILES string of the molecule is CCC(NC(=O)c1ccc(C(CC(=O)c2ccc(=O)n(C)c2)c2ccccc2C)cc1)C(=O)OC. The third-order valence-corrected chi connectivity index (χ3v) is 6.14. The summed E-state index contributed by atoms with van der Waals surface area (Å²) < 4.78 is 6.12. The van der Waals surface area contributed by atoms with E-state index in [-0.39, 0.29) is 29.6 Å². The molecule has 35 heavy (non-hydrogen) atoms. The van der Waals surface area contributed by atoms with E-state index in [0.717, 1.165) is 16.7 Å². The third-order valence-electron chi connectivity index (χ3n) is 6.14. The highest BCUT2D eigenvalue weighted by molar-refractivity contribution is 5.97. The molecule has 3 rings (SSSR count). The molecule has 7 nitrogen and oxygen atoms in total. The number of pyridine rings is 1. The summed E-state index contributed by atoms with van der Waals surface area (Å²) in [6.45, 7) is 3.79. The molecule has 2 unspecified atom stereocenters. The van der Waals surface area contributed by atoms with Crippen LogP contribution < -0.4 is 10.9 Å². The lowest BCUT2D eigenvalue weighted by molar-refractivity contribution is -0.142. The lowest BCUT2D eigenvalue weighted by atomic mass is 9.83. The number of nitrogens with one attached hydrogen (secondary N) is 1. The van der Waals surface area contributed by atoms with Crippen LogP contribution in [0.15, 0.2) is 71.7 Å². The van der Waals surface area contributed by atoms with E-state index in [0.29, 0.717) is 17.5 Å². The van der Waals surface area contributed by atoms with Crippen LogP contribution in [0.1, 0.15) is 63.1 Å². The smallest absolute Gasteiger partial charge is 0.328 e. The van der Waals surface area contributed by atoms with Crippen molar-refractivity contribution >= 4 is 17.7 Å². The van der Waals surface area contributed by atoms with E-state index in [4.69, 9.17) is 4.74 Å². The minimum Gasteiger partial charge on any atom is -0.467 e. The highest BCUT2D eigenvalue weighted by Crippen LogP contribution is 2.31. The predicted molar refractivity (Wildman–Crippen MR) is 134 cm³/mol. The van der Waals surface area contributed by atoms with Crippen molar-refractivity contribution in [1.82, 2.24) is 9.88 Å². The molecule has 1 aromatic heterocycles. The van der Waals surface area contributed by atoms with Gasteiger partial charge in [-0.25, -0.2) is 4.79 Å². The first-order chi connectivity index (χ1) is 16.7. The van der Waals surface area contributed by atoms with Crippen LogP contribution in [-0.2, 0) is 16.6 Å². The number of aromatic nitrogens is 1. The van der Waals surface area contributed by atoms with Gasteiger partial charge in [-0.05, 0) is 48.2 Å². The van der Waals surface area contributed by atoms with Crippen molar-refractivity contribution in [2.75, 3.05) is 7.11 Å². The molecule has 1 heterocycles. The van der Waals surface area contributed by atoms with Gasteiger partial charge in [0.2, 0.25) is 5.56 Å². The van der Waals surface area contributed by atoms with Crippen LogP contribution >= 0.6 is 0 Å². The monoisotopic (exact) mass is 474 g/mol. The molecule has 7 heteroatoms. The number of carbonyl (C=O) groups is 3. The van der Waals surface area contributed by atoms with Crippen molar-refractivity contribution in [2.45, 2.75) is 38.6 Å². The first-order valence-electron chi connectivity index (χ1n) is 11.5. The Kier molecular flexibility index (Phi) is 8.36. The Hall–Kier alpha value is -4.00. The number of Topliss-reactive ketones (excluding diaryl/α,β-unsaturated/α-hetero) is 1. The Morgan fingerprint density at radius 2 is 1.63 bits per heavy atom. The van der Waals surface area contributed by atoms with Gasteiger partial charge in [0.1, 0.15) is 6.04 Å². The molecule has 0 aliphatic rings. The number of amides is 1. The number of aryl methyl sites for hydroxylation is 2. The number of hydrogen-bond acceptors (Lipinski definition) is 5. The summed E-state index contributed by atoms with van der Waals surface area (Å²) in [6, 6.07) is 17.2. The molecule has 2 atom stereocenters.